The number of amides is 2. The number of carbonyl (C=O) groups is 1. The van der Waals surface area contributed by atoms with Gasteiger partial charge in [-0.05, 0) is 25.1 Å². The molecule has 0 saturated carbocycles. The molecule has 0 saturated heterocycles. The first-order valence-corrected chi connectivity index (χ1v) is 5.57. The van der Waals surface area contributed by atoms with Crippen LogP contribution >= 0.6 is 0 Å². The molecule has 0 aliphatic heterocycles. The minimum atomic E-state index is -0.143. The van der Waals surface area contributed by atoms with E-state index >= 15 is 0 Å². The van der Waals surface area contributed by atoms with Gasteiger partial charge in [0.2, 0.25) is 0 Å². The number of nitrogens with zero attached hydrogens (tertiary/aromatic N) is 1. The molecule has 5 heteroatoms. The lowest BCUT2D eigenvalue weighted by molar-refractivity contribution is 0.157. The van der Waals surface area contributed by atoms with Crippen molar-refractivity contribution in [1.82, 2.24) is 4.90 Å². The molecule has 1 aromatic carbocycles. The second kappa shape index (κ2) is 6.75. The van der Waals surface area contributed by atoms with Gasteiger partial charge >= 0.3 is 6.03 Å². The summed E-state index contributed by atoms with van der Waals surface area (Å²) in [5.41, 5.74) is 6.97. The quantitative estimate of drug-likeness (QED) is 0.767. The minimum absolute atomic E-state index is 0.143. The summed E-state index contributed by atoms with van der Waals surface area (Å²) >= 11 is 0. The van der Waals surface area contributed by atoms with Gasteiger partial charge in [0.05, 0.1) is 6.61 Å². The van der Waals surface area contributed by atoms with Crippen LogP contribution < -0.4 is 11.1 Å². The van der Waals surface area contributed by atoms with Crippen molar-refractivity contribution in [3.63, 3.8) is 0 Å². The van der Waals surface area contributed by atoms with Gasteiger partial charge in [0.1, 0.15) is 0 Å². The third-order valence-electron chi connectivity index (χ3n) is 2.37. The molecule has 0 radical (unpaired) electrons. The van der Waals surface area contributed by atoms with Crippen LogP contribution in [0, 0.1) is 0 Å². The number of carbonyl (C=O) groups excluding carboxylic acids is 1. The van der Waals surface area contributed by atoms with Gasteiger partial charge in [0.15, 0.2) is 0 Å². The van der Waals surface area contributed by atoms with Crippen molar-refractivity contribution in [1.29, 1.82) is 0 Å². The summed E-state index contributed by atoms with van der Waals surface area (Å²) in [7, 11) is 1.61. The lowest BCUT2D eigenvalue weighted by atomic mass is 10.3. The first kappa shape index (κ1) is 13.3. The van der Waals surface area contributed by atoms with E-state index in [-0.39, 0.29) is 6.03 Å². The van der Waals surface area contributed by atoms with Crippen molar-refractivity contribution in [3.05, 3.63) is 24.3 Å². The van der Waals surface area contributed by atoms with Crippen LogP contribution in [0.2, 0.25) is 0 Å². The molecule has 0 unspecified atom stereocenters. The number of ether oxygens (including phenoxy) is 1. The van der Waals surface area contributed by atoms with E-state index in [0.717, 1.165) is 0 Å². The summed E-state index contributed by atoms with van der Waals surface area (Å²) in [6, 6.07) is 6.96. The van der Waals surface area contributed by atoms with Crippen LogP contribution in [0.5, 0.6) is 0 Å². The first-order chi connectivity index (χ1) is 8.17. The molecule has 2 amide bonds. The van der Waals surface area contributed by atoms with Gasteiger partial charge in [-0.2, -0.15) is 0 Å². The number of anilines is 2. The van der Waals surface area contributed by atoms with Crippen molar-refractivity contribution in [2.45, 2.75) is 6.92 Å². The molecule has 0 fully saturated rings. The predicted octanol–water partition coefficient (Wildman–Crippen LogP) is 1.77. The third-order valence-corrected chi connectivity index (χ3v) is 2.37. The van der Waals surface area contributed by atoms with E-state index in [1.807, 2.05) is 6.92 Å². The SMILES string of the molecule is CCN(CCOC)C(=O)Nc1cccc(N)c1. The van der Waals surface area contributed by atoms with Crippen molar-refractivity contribution < 1.29 is 9.53 Å². The third kappa shape index (κ3) is 4.32. The molecular formula is C12H19N3O2. The molecule has 17 heavy (non-hydrogen) atoms. The van der Waals surface area contributed by atoms with Crippen LogP contribution in [0.15, 0.2) is 24.3 Å². The molecule has 1 aromatic rings. The van der Waals surface area contributed by atoms with Gasteiger partial charge in [0.25, 0.3) is 0 Å². The molecule has 0 atom stereocenters. The number of nitrogens with one attached hydrogen (secondary N) is 1. The zero-order valence-corrected chi connectivity index (χ0v) is 10.3. The highest BCUT2D eigenvalue weighted by atomic mass is 16.5. The number of hydrogen-bond donors (Lipinski definition) is 2. The van der Waals surface area contributed by atoms with Crippen LogP contribution in [-0.4, -0.2) is 37.7 Å². The number of methoxy groups -OCH3 is 1. The number of nitrogen functional groups attached to an aromatic ring is 1. The van der Waals surface area contributed by atoms with Gasteiger partial charge in [-0.15, -0.1) is 0 Å². The maximum absolute atomic E-state index is 11.9. The zero-order valence-electron chi connectivity index (χ0n) is 10.3. The number of benzene rings is 1. The fraction of sp³-hybridized carbons (Fsp3) is 0.417. The Kier molecular flexibility index (Phi) is 5.29. The summed E-state index contributed by atoms with van der Waals surface area (Å²) in [6.45, 7) is 3.66. The summed E-state index contributed by atoms with van der Waals surface area (Å²) in [5, 5.41) is 2.79. The maximum Gasteiger partial charge on any atom is 0.321 e. The molecule has 1 rings (SSSR count). The Labute approximate surface area is 102 Å². The Hall–Kier alpha value is -1.75. The van der Waals surface area contributed by atoms with E-state index in [2.05, 4.69) is 5.32 Å². The summed E-state index contributed by atoms with van der Waals surface area (Å²) in [5.74, 6) is 0. The normalized spacial score (nSPS) is 10.0. The smallest absolute Gasteiger partial charge is 0.321 e. The van der Waals surface area contributed by atoms with Crippen LogP contribution in [0.25, 0.3) is 0 Å². The fourth-order valence-electron chi connectivity index (χ4n) is 1.42. The summed E-state index contributed by atoms with van der Waals surface area (Å²) < 4.78 is 4.95. The topological polar surface area (TPSA) is 67.6 Å². The number of nitrogens with two attached hydrogens (primary N) is 1. The molecule has 0 aromatic heterocycles. The highest BCUT2D eigenvalue weighted by molar-refractivity contribution is 5.89. The van der Waals surface area contributed by atoms with E-state index in [9.17, 15) is 4.79 Å². The van der Waals surface area contributed by atoms with Crippen LogP contribution in [-0.2, 0) is 4.74 Å². The average Bonchev–Trinajstić information content (AvgIpc) is 2.30. The van der Waals surface area contributed by atoms with E-state index in [4.69, 9.17) is 10.5 Å². The lowest BCUT2D eigenvalue weighted by Gasteiger charge is -2.20. The highest BCUT2D eigenvalue weighted by Crippen LogP contribution is 2.12. The van der Waals surface area contributed by atoms with Gasteiger partial charge in [-0.25, -0.2) is 4.79 Å². The van der Waals surface area contributed by atoms with E-state index < -0.39 is 0 Å². The molecule has 3 N–H and O–H groups in total. The molecular weight excluding hydrogens is 218 g/mol. The van der Waals surface area contributed by atoms with E-state index in [1.54, 1.807) is 36.3 Å². The van der Waals surface area contributed by atoms with Gasteiger partial charge in [-0.1, -0.05) is 6.07 Å². The van der Waals surface area contributed by atoms with Gasteiger partial charge in [0, 0.05) is 31.6 Å². The second-order valence-electron chi connectivity index (χ2n) is 3.63. The molecule has 94 valence electrons. The fourth-order valence-corrected chi connectivity index (χ4v) is 1.42. The van der Waals surface area contributed by atoms with Crippen molar-refractivity contribution >= 4 is 17.4 Å². The number of likely N-dealkylation sites (N-methyl/N-ethyl adjacent to an activating group) is 1. The second-order valence-corrected chi connectivity index (χ2v) is 3.63. The Morgan fingerprint density at radius 2 is 2.29 bits per heavy atom. The standard InChI is InChI=1S/C12H19N3O2/c1-3-15(7-8-17-2)12(16)14-11-6-4-5-10(13)9-11/h4-6,9H,3,7-8,13H2,1-2H3,(H,14,16). The minimum Gasteiger partial charge on any atom is -0.399 e. The molecule has 0 aliphatic rings. The average molecular weight is 237 g/mol. The van der Waals surface area contributed by atoms with Gasteiger partial charge < -0.3 is 20.7 Å². The Balaban J connectivity index is 2.57. The molecule has 0 heterocycles. The molecule has 5 nitrogen and oxygen atoms in total. The number of rotatable bonds is 5. The van der Waals surface area contributed by atoms with Crippen LogP contribution in [0.3, 0.4) is 0 Å². The summed E-state index contributed by atoms with van der Waals surface area (Å²) in [6.07, 6.45) is 0. The summed E-state index contributed by atoms with van der Waals surface area (Å²) in [4.78, 5) is 13.6. The lowest BCUT2D eigenvalue weighted by Crippen LogP contribution is -2.37. The number of urea groups is 1. The van der Waals surface area contributed by atoms with Crippen molar-refractivity contribution in [2.24, 2.45) is 0 Å². The Bertz CT molecular complexity index is 369. The number of hydrogen-bond acceptors (Lipinski definition) is 3. The van der Waals surface area contributed by atoms with Crippen LogP contribution in [0.1, 0.15) is 6.92 Å². The zero-order chi connectivity index (χ0) is 12.7. The van der Waals surface area contributed by atoms with Gasteiger partial charge in [-0.3, -0.25) is 0 Å². The Morgan fingerprint density at radius 1 is 1.53 bits per heavy atom. The molecule has 0 aliphatic carbocycles. The molecule has 0 spiro atoms. The maximum atomic E-state index is 11.9. The van der Waals surface area contributed by atoms with Crippen molar-refractivity contribution in [3.8, 4) is 0 Å². The van der Waals surface area contributed by atoms with E-state index in [0.29, 0.717) is 31.1 Å². The monoisotopic (exact) mass is 237 g/mol. The van der Waals surface area contributed by atoms with Crippen LogP contribution in [0.4, 0.5) is 16.2 Å². The Morgan fingerprint density at radius 3 is 2.88 bits per heavy atom. The molecule has 0 bridgehead atoms. The predicted molar refractivity (Wildman–Crippen MR) is 69.0 cm³/mol. The van der Waals surface area contributed by atoms with Crippen molar-refractivity contribution in [2.75, 3.05) is 37.9 Å². The largest absolute Gasteiger partial charge is 0.399 e. The highest BCUT2D eigenvalue weighted by Gasteiger charge is 2.10. The first-order valence-electron chi connectivity index (χ1n) is 5.57. The van der Waals surface area contributed by atoms with E-state index in [1.165, 1.54) is 0 Å².